The van der Waals surface area contributed by atoms with Crippen molar-refractivity contribution in [2.24, 2.45) is 7.05 Å². The van der Waals surface area contributed by atoms with Crippen LogP contribution in [-0.2, 0) is 7.05 Å². The van der Waals surface area contributed by atoms with Crippen molar-refractivity contribution in [2.75, 3.05) is 20.1 Å². The van der Waals surface area contributed by atoms with Crippen molar-refractivity contribution in [3.8, 4) is 10.6 Å². The number of rotatable bonds is 2. The number of fused-ring (bicyclic) bond motifs is 2. The van der Waals surface area contributed by atoms with Gasteiger partial charge in [-0.05, 0) is 74.8 Å². The van der Waals surface area contributed by atoms with Gasteiger partial charge in [0.2, 0.25) is 0 Å². The maximum absolute atomic E-state index is 4.88. The summed E-state index contributed by atoms with van der Waals surface area (Å²) in [6.07, 6.45) is 4.57. The van der Waals surface area contributed by atoms with Gasteiger partial charge in [0.15, 0.2) is 0 Å². The van der Waals surface area contributed by atoms with E-state index in [1.807, 2.05) is 11.7 Å². The Labute approximate surface area is 169 Å². The average molecular weight is 399 g/mol. The minimum atomic E-state index is 0. The van der Waals surface area contributed by atoms with Crippen LogP contribution in [-0.4, -0.2) is 39.8 Å². The molecular weight excluding hydrogens is 376 g/mol. The molecule has 3 heterocycles. The monoisotopic (exact) mass is 398 g/mol. The second-order valence-corrected chi connectivity index (χ2v) is 8.43. The van der Waals surface area contributed by atoms with Crippen LogP contribution in [0, 0.1) is 0 Å². The van der Waals surface area contributed by atoms with Crippen molar-refractivity contribution < 1.29 is 0 Å². The van der Waals surface area contributed by atoms with Crippen LogP contribution in [0.15, 0.2) is 42.6 Å². The highest BCUT2D eigenvalue weighted by atomic mass is 35.5. The molecule has 0 aliphatic carbocycles. The molecule has 6 heteroatoms. The van der Waals surface area contributed by atoms with Crippen molar-refractivity contribution in [3.63, 3.8) is 0 Å². The third kappa shape index (κ3) is 3.47. The number of likely N-dealkylation sites (tertiary alicyclic amines) is 1. The zero-order valence-electron chi connectivity index (χ0n) is 15.6. The predicted molar refractivity (Wildman–Crippen MR) is 116 cm³/mol. The van der Waals surface area contributed by atoms with Gasteiger partial charge < -0.3 is 4.90 Å². The molecule has 0 spiro atoms. The number of aryl methyl sites for hydroxylation is 1. The highest BCUT2D eigenvalue weighted by molar-refractivity contribution is 7.21. The quantitative estimate of drug-likeness (QED) is 0.472. The van der Waals surface area contributed by atoms with Crippen LogP contribution >= 0.6 is 23.7 Å². The number of thiazole rings is 1. The Hall–Kier alpha value is -1.95. The van der Waals surface area contributed by atoms with Crippen molar-refractivity contribution in [1.82, 2.24) is 19.7 Å². The van der Waals surface area contributed by atoms with E-state index in [2.05, 4.69) is 59.6 Å². The molecule has 0 amide bonds. The van der Waals surface area contributed by atoms with E-state index in [0.29, 0.717) is 5.92 Å². The summed E-state index contributed by atoms with van der Waals surface area (Å²) >= 11 is 1.80. The minimum absolute atomic E-state index is 0. The molecule has 27 heavy (non-hydrogen) atoms. The summed E-state index contributed by atoms with van der Waals surface area (Å²) in [6.45, 7) is 2.39. The molecule has 2 aromatic carbocycles. The Kier molecular flexibility index (Phi) is 4.93. The number of hydrogen-bond acceptors (Lipinski definition) is 4. The van der Waals surface area contributed by atoms with Gasteiger partial charge in [-0.3, -0.25) is 4.68 Å². The fraction of sp³-hybridized carbons (Fsp3) is 0.333. The first-order chi connectivity index (χ1) is 12.7. The third-order valence-corrected chi connectivity index (χ3v) is 6.54. The van der Waals surface area contributed by atoms with Crippen LogP contribution in [0.4, 0.5) is 0 Å². The molecule has 2 aromatic heterocycles. The van der Waals surface area contributed by atoms with E-state index in [-0.39, 0.29) is 12.4 Å². The summed E-state index contributed by atoms with van der Waals surface area (Å²) in [6, 6.07) is 13.3. The van der Waals surface area contributed by atoms with Crippen molar-refractivity contribution >= 4 is 44.9 Å². The number of aromatic nitrogens is 3. The highest BCUT2D eigenvalue weighted by Crippen LogP contribution is 2.35. The fourth-order valence-electron chi connectivity index (χ4n) is 3.94. The number of benzene rings is 2. The standard InChI is InChI=1S/C21H22N4S.ClH/c1-24-9-7-14(8-10-24)15-3-6-19-20(12-15)26-21(22-19)16-4-5-18-17(11-16)13-25(2)23-18;/h3-6,11-14H,7-10H2,1-2H3;1H. The van der Waals surface area contributed by atoms with E-state index in [1.165, 1.54) is 41.8 Å². The summed E-state index contributed by atoms with van der Waals surface area (Å²) in [4.78, 5) is 7.30. The van der Waals surface area contributed by atoms with E-state index < -0.39 is 0 Å². The molecule has 0 bridgehead atoms. The summed E-state index contributed by atoms with van der Waals surface area (Å²) < 4.78 is 3.16. The lowest BCUT2D eigenvalue weighted by atomic mass is 9.90. The summed E-state index contributed by atoms with van der Waals surface area (Å²) in [5.74, 6) is 0.688. The molecule has 4 aromatic rings. The lowest BCUT2D eigenvalue weighted by Crippen LogP contribution is -2.29. The molecule has 1 fully saturated rings. The number of piperidine rings is 1. The highest BCUT2D eigenvalue weighted by Gasteiger charge is 2.19. The van der Waals surface area contributed by atoms with E-state index in [0.717, 1.165) is 21.4 Å². The SMILES string of the molecule is CN1CCC(c2ccc3nc(-c4ccc5nn(C)cc5c4)sc3c2)CC1.Cl. The van der Waals surface area contributed by atoms with Crippen LogP contribution in [0.3, 0.4) is 0 Å². The van der Waals surface area contributed by atoms with Crippen molar-refractivity contribution in [3.05, 3.63) is 48.2 Å². The Bertz CT molecular complexity index is 1090. The molecule has 1 aliphatic rings. The molecule has 0 N–H and O–H groups in total. The molecular formula is C21H23ClN4S. The lowest BCUT2D eigenvalue weighted by Gasteiger charge is -2.29. The fourth-order valence-corrected chi connectivity index (χ4v) is 4.95. The summed E-state index contributed by atoms with van der Waals surface area (Å²) in [7, 11) is 4.18. The first-order valence-electron chi connectivity index (χ1n) is 9.18. The molecule has 1 saturated heterocycles. The zero-order valence-corrected chi connectivity index (χ0v) is 17.2. The van der Waals surface area contributed by atoms with Crippen LogP contribution in [0.25, 0.3) is 31.7 Å². The van der Waals surface area contributed by atoms with Gasteiger partial charge in [-0.25, -0.2) is 4.98 Å². The Morgan fingerprint density at radius 3 is 2.59 bits per heavy atom. The summed E-state index contributed by atoms with van der Waals surface area (Å²) in [5, 5.41) is 6.71. The van der Waals surface area contributed by atoms with E-state index in [1.54, 1.807) is 11.3 Å². The van der Waals surface area contributed by atoms with Crippen LogP contribution in [0.1, 0.15) is 24.3 Å². The van der Waals surface area contributed by atoms with Crippen molar-refractivity contribution in [1.29, 1.82) is 0 Å². The Morgan fingerprint density at radius 1 is 1.00 bits per heavy atom. The summed E-state index contributed by atoms with van der Waals surface area (Å²) in [5.41, 5.74) is 4.78. The topological polar surface area (TPSA) is 34.0 Å². The van der Waals surface area contributed by atoms with Gasteiger partial charge >= 0.3 is 0 Å². The van der Waals surface area contributed by atoms with Gasteiger partial charge in [0.25, 0.3) is 0 Å². The Balaban J connectivity index is 0.00000180. The molecule has 5 rings (SSSR count). The molecule has 140 valence electrons. The molecule has 0 atom stereocenters. The maximum Gasteiger partial charge on any atom is 0.124 e. The van der Waals surface area contributed by atoms with Crippen LogP contribution in [0.2, 0.25) is 0 Å². The van der Waals surface area contributed by atoms with E-state index in [9.17, 15) is 0 Å². The van der Waals surface area contributed by atoms with Gasteiger partial charge in [0.05, 0.1) is 15.7 Å². The molecule has 4 nitrogen and oxygen atoms in total. The number of hydrogen-bond donors (Lipinski definition) is 0. The normalized spacial score (nSPS) is 16.1. The van der Waals surface area contributed by atoms with Crippen LogP contribution < -0.4 is 0 Å². The lowest BCUT2D eigenvalue weighted by molar-refractivity contribution is 0.255. The zero-order chi connectivity index (χ0) is 17.7. The Morgan fingerprint density at radius 2 is 1.78 bits per heavy atom. The van der Waals surface area contributed by atoms with Gasteiger partial charge in [-0.2, -0.15) is 5.10 Å². The predicted octanol–water partition coefficient (Wildman–Crippen LogP) is 5.08. The van der Waals surface area contributed by atoms with Gasteiger partial charge in [-0.1, -0.05) is 6.07 Å². The number of nitrogens with zero attached hydrogens (tertiary/aromatic N) is 4. The van der Waals surface area contributed by atoms with E-state index >= 15 is 0 Å². The molecule has 1 aliphatic heterocycles. The minimum Gasteiger partial charge on any atom is -0.306 e. The third-order valence-electron chi connectivity index (χ3n) is 5.47. The first kappa shape index (κ1) is 18.4. The molecule has 0 unspecified atom stereocenters. The second-order valence-electron chi connectivity index (χ2n) is 7.40. The molecule has 0 saturated carbocycles. The average Bonchev–Trinajstić information content (AvgIpc) is 3.23. The first-order valence-corrected chi connectivity index (χ1v) is 10.0. The number of halogens is 1. The van der Waals surface area contributed by atoms with Gasteiger partial charge in [0.1, 0.15) is 5.01 Å². The second kappa shape index (κ2) is 7.23. The smallest absolute Gasteiger partial charge is 0.124 e. The van der Waals surface area contributed by atoms with Crippen LogP contribution in [0.5, 0.6) is 0 Å². The van der Waals surface area contributed by atoms with Gasteiger partial charge in [0, 0.05) is 24.2 Å². The maximum atomic E-state index is 4.88. The van der Waals surface area contributed by atoms with Gasteiger partial charge in [-0.15, -0.1) is 23.7 Å². The largest absolute Gasteiger partial charge is 0.306 e. The van der Waals surface area contributed by atoms with E-state index in [4.69, 9.17) is 4.98 Å². The van der Waals surface area contributed by atoms with Crippen molar-refractivity contribution in [2.45, 2.75) is 18.8 Å². The molecule has 0 radical (unpaired) electrons.